The maximum atomic E-state index is 14.3. The molecule has 0 aliphatic carbocycles. The Morgan fingerprint density at radius 1 is 1.24 bits per heavy atom. The van der Waals surface area contributed by atoms with Crippen molar-refractivity contribution in [3.63, 3.8) is 0 Å². The van der Waals surface area contributed by atoms with E-state index < -0.39 is 5.82 Å². The van der Waals surface area contributed by atoms with Crippen LogP contribution in [0.3, 0.4) is 0 Å². The van der Waals surface area contributed by atoms with E-state index in [1.54, 1.807) is 30.3 Å². The van der Waals surface area contributed by atoms with Crippen molar-refractivity contribution in [1.82, 2.24) is 0 Å². The molecule has 7 heteroatoms. The number of Topliss-reactive ketones (excluding diaryl/α,β-unsaturated/α-hetero) is 1. The van der Waals surface area contributed by atoms with Crippen molar-refractivity contribution in [2.24, 2.45) is 0 Å². The standard InChI is InChI=1S/C18H17F2NO2.2FH.H2/c1-5-21(4)18-9-13(12(3)22)8-16(11(18)2)15-7-6-14(23-20)10-17(15)19;;;/h5-10H,1H2,2-4H3;3*1H. The molecule has 0 spiro atoms. The van der Waals surface area contributed by atoms with Crippen LogP contribution in [0.25, 0.3) is 11.1 Å². The summed E-state index contributed by atoms with van der Waals surface area (Å²) in [5.41, 5.74) is 2.81. The minimum absolute atomic E-state index is 0. The number of nitrogens with zero attached hydrogens (tertiary/aromatic N) is 1. The number of halogens is 4. The van der Waals surface area contributed by atoms with Gasteiger partial charge in [0.15, 0.2) is 11.5 Å². The lowest BCUT2D eigenvalue weighted by Crippen LogP contribution is -2.11. The average Bonchev–Trinajstić information content (AvgIpc) is 2.54. The average molecular weight is 359 g/mol. The number of carbonyl (C=O) groups is 1. The fourth-order valence-electron chi connectivity index (χ4n) is 2.41. The van der Waals surface area contributed by atoms with E-state index in [-0.39, 0.29) is 27.9 Å². The smallest absolute Gasteiger partial charge is 0.174 e. The first-order valence-corrected chi connectivity index (χ1v) is 6.98. The molecule has 0 unspecified atom stereocenters. The molecule has 0 saturated heterocycles. The van der Waals surface area contributed by atoms with Crippen molar-refractivity contribution < 1.29 is 29.5 Å². The van der Waals surface area contributed by atoms with Crippen LogP contribution in [0.15, 0.2) is 43.1 Å². The SMILES string of the molecule is C=CN(C)c1cc(C(C)=O)cc(-c2ccc(OF)cc2F)c1C.F.F.[HH]. The first-order valence-electron chi connectivity index (χ1n) is 6.98. The van der Waals surface area contributed by atoms with Crippen molar-refractivity contribution in [2.45, 2.75) is 13.8 Å². The molecule has 0 atom stereocenters. The van der Waals surface area contributed by atoms with Gasteiger partial charge in [-0.3, -0.25) is 19.1 Å². The molecule has 25 heavy (non-hydrogen) atoms. The monoisotopic (exact) mass is 359 g/mol. The fraction of sp³-hybridized carbons (Fsp3) is 0.167. The zero-order chi connectivity index (χ0) is 17.1. The molecule has 0 heterocycles. The highest BCUT2D eigenvalue weighted by Gasteiger charge is 2.16. The normalized spacial score (nSPS) is 9.48. The highest BCUT2D eigenvalue weighted by molar-refractivity contribution is 5.97. The summed E-state index contributed by atoms with van der Waals surface area (Å²) in [4.78, 5) is 17.1. The zero-order valence-corrected chi connectivity index (χ0v) is 14.0. The van der Waals surface area contributed by atoms with Crippen LogP contribution >= 0.6 is 0 Å². The zero-order valence-electron chi connectivity index (χ0n) is 14.0. The van der Waals surface area contributed by atoms with E-state index in [0.29, 0.717) is 11.1 Å². The summed E-state index contributed by atoms with van der Waals surface area (Å²) < 4.78 is 26.5. The molecule has 0 aliphatic heterocycles. The molecule has 0 fully saturated rings. The summed E-state index contributed by atoms with van der Waals surface area (Å²) in [6.45, 7) is 6.98. The summed E-state index contributed by atoms with van der Waals surface area (Å²) in [7, 11) is 1.79. The molecular formula is C18H21F4NO2. The van der Waals surface area contributed by atoms with Crippen molar-refractivity contribution in [3.05, 3.63) is 60.1 Å². The van der Waals surface area contributed by atoms with Gasteiger partial charge in [-0.2, -0.15) is 0 Å². The van der Waals surface area contributed by atoms with Crippen LogP contribution in [-0.4, -0.2) is 12.8 Å². The van der Waals surface area contributed by atoms with Crippen LogP contribution in [0, 0.1) is 12.7 Å². The third-order valence-electron chi connectivity index (χ3n) is 3.76. The van der Waals surface area contributed by atoms with Crippen LogP contribution in [0.1, 0.15) is 24.3 Å². The third kappa shape index (κ3) is 4.37. The first kappa shape index (κ1) is 22.2. The molecular weight excluding hydrogens is 338 g/mol. The van der Waals surface area contributed by atoms with Crippen LogP contribution < -0.4 is 9.84 Å². The van der Waals surface area contributed by atoms with Crippen LogP contribution in [0.2, 0.25) is 0 Å². The largest absolute Gasteiger partial charge is 0.351 e. The second-order valence-corrected chi connectivity index (χ2v) is 5.24. The van der Waals surface area contributed by atoms with Gasteiger partial charge < -0.3 is 4.90 Å². The molecule has 0 radical (unpaired) electrons. The minimum Gasteiger partial charge on any atom is -0.351 e. The number of anilines is 1. The number of hydrogen-bond donors (Lipinski definition) is 0. The molecule has 0 N–H and O–H groups in total. The third-order valence-corrected chi connectivity index (χ3v) is 3.76. The summed E-state index contributed by atoms with van der Waals surface area (Å²) in [5, 5.41) is 0. The van der Waals surface area contributed by atoms with Crippen LogP contribution in [0.4, 0.5) is 24.0 Å². The topological polar surface area (TPSA) is 29.5 Å². The van der Waals surface area contributed by atoms with Gasteiger partial charge in [-0.1, -0.05) is 6.58 Å². The molecule has 2 aromatic rings. The molecule has 3 nitrogen and oxygen atoms in total. The number of rotatable bonds is 5. The lowest BCUT2D eigenvalue weighted by atomic mass is 9.94. The summed E-state index contributed by atoms with van der Waals surface area (Å²) in [6.07, 6.45) is 1.60. The van der Waals surface area contributed by atoms with Gasteiger partial charge >= 0.3 is 0 Å². The number of ketones is 1. The van der Waals surface area contributed by atoms with Crippen LogP contribution in [-0.2, 0) is 0 Å². The highest BCUT2D eigenvalue weighted by Crippen LogP contribution is 2.35. The van der Waals surface area contributed by atoms with Crippen molar-refractivity contribution in [3.8, 4) is 16.9 Å². The van der Waals surface area contributed by atoms with Gasteiger partial charge in [-0.25, -0.2) is 4.39 Å². The van der Waals surface area contributed by atoms with E-state index in [1.165, 1.54) is 19.1 Å². The van der Waals surface area contributed by atoms with E-state index in [0.717, 1.165) is 17.3 Å². The molecule has 138 valence electrons. The molecule has 0 aliphatic rings. The Kier molecular flexibility index (Phi) is 7.86. The predicted octanol–water partition coefficient (Wildman–Crippen LogP) is 5.40. The Hall–Kier alpha value is -2.83. The fourth-order valence-corrected chi connectivity index (χ4v) is 2.41. The van der Waals surface area contributed by atoms with Gasteiger partial charge in [-0.15, -0.1) is 0 Å². The summed E-state index contributed by atoms with van der Waals surface area (Å²) in [6, 6.07) is 7.09. The van der Waals surface area contributed by atoms with Gasteiger partial charge in [0.1, 0.15) is 5.82 Å². The maximum Gasteiger partial charge on any atom is 0.174 e. The molecule has 2 rings (SSSR count). The van der Waals surface area contributed by atoms with Gasteiger partial charge in [0.05, 0.1) is 0 Å². The summed E-state index contributed by atoms with van der Waals surface area (Å²) >= 11 is 0. The molecule has 2 aromatic carbocycles. The molecule has 0 amide bonds. The lowest BCUT2D eigenvalue weighted by Gasteiger charge is -2.20. The van der Waals surface area contributed by atoms with Crippen LogP contribution in [0.5, 0.6) is 5.75 Å². The Labute approximate surface area is 144 Å². The van der Waals surface area contributed by atoms with Gasteiger partial charge in [0.2, 0.25) is 0 Å². The van der Waals surface area contributed by atoms with Gasteiger partial charge in [-0.05, 0) is 55.4 Å². The van der Waals surface area contributed by atoms with Gasteiger partial charge in [0.25, 0.3) is 0 Å². The quantitative estimate of drug-likeness (QED) is 0.529. The maximum absolute atomic E-state index is 14.3. The lowest BCUT2D eigenvalue weighted by molar-refractivity contribution is -0.00652. The van der Waals surface area contributed by atoms with Gasteiger partial charge in [0, 0.05) is 35.9 Å². The predicted molar refractivity (Wildman–Crippen MR) is 94.0 cm³/mol. The van der Waals surface area contributed by atoms with Crippen molar-refractivity contribution in [1.29, 1.82) is 0 Å². The Morgan fingerprint density at radius 2 is 1.88 bits per heavy atom. The minimum atomic E-state index is -0.629. The van der Waals surface area contributed by atoms with E-state index in [2.05, 4.69) is 11.5 Å². The van der Waals surface area contributed by atoms with E-state index in [9.17, 15) is 13.7 Å². The Bertz CT molecular complexity index is 784. The molecule has 0 aromatic heterocycles. The van der Waals surface area contributed by atoms with Crippen molar-refractivity contribution >= 4 is 11.5 Å². The van der Waals surface area contributed by atoms with Crippen molar-refractivity contribution in [2.75, 3.05) is 11.9 Å². The molecule has 0 saturated carbocycles. The number of carbonyl (C=O) groups excluding carboxylic acids is 1. The second-order valence-electron chi connectivity index (χ2n) is 5.24. The van der Waals surface area contributed by atoms with E-state index in [1.807, 2.05) is 6.92 Å². The molecule has 0 bridgehead atoms. The van der Waals surface area contributed by atoms with E-state index >= 15 is 0 Å². The van der Waals surface area contributed by atoms with E-state index in [4.69, 9.17) is 0 Å². The summed E-state index contributed by atoms with van der Waals surface area (Å²) in [5.74, 6) is -0.972. The Morgan fingerprint density at radius 3 is 2.36 bits per heavy atom. The Balaban J connectivity index is 0. The number of benzene rings is 2. The second kappa shape index (κ2) is 8.86. The highest BCUT2D eigenvalue weighted by atomic mass is 19.3. The number of hydrogen-bond acceptors (Lipinski definition) is 3. The first-order chi connectivity index (χ1) is 10.9.